The van der Waals surface area contributed by atoms with E-state index in [4.69, 9.17) is 4.74 Å². The summed E-state index contributed by atoms with van der Waals surface area (Å²) in [6, 6.07) is 16.4. The van der Waals surface area contributed by atoms with Gasteiger partial charge in [0.05, 0.1) is 13.3 Å². The molecule has 0 fully saturated rings. The lowest BCUT2D eigenvalue weighted by molar-refractivity contribution is 0.416. The van der Waals surface area contributed by atoms with E-state index >= 15 is 0 Å². The van der Waals surface area contributed by atoms with Gasteiger partial charge in [0, 0.05) is 17.3 Å². The van der Waals surface area contributed by atoms with E-state index in [1.165, 1.54) is 0 Å². The van der Waals surface area contributed by atoms with E-state index < -0.39 is 0 Å². The third-order valence-corrected chi connectivity index (χ3v) is 3.13. The molecule has 0 unspecified atom stereocenters. The van der Waals surface area contributed by atoms with Gasteiger partial charge >= 0.3 is 0 Å². The van der Waals surface area contributed by atoms with Crippen LogP contribution in [0.25, 0.3) is 22.3 Å². The van der Waals surface area contributed by atoms with E-state index in [2.05, 4.69) is 40.5 Å². The molecule has 0 amide bonds. The van der Waals surface area contributed by atoms with E-state index in [1.54, 1.807) is 7.11 Å². The van der Waals surface area contributed by atoms with Crippen molar-refractivity contribution in [1.82, 2.24) is 10.2 Å². The van der Waals surface area contributed by atoms with Crippen LogP contribution >= 0.6 is 0 Å². The molecule has 3 nitrogen and oxygen atoms in total. The van der Waals surface area contributed by atoms with Crippen LogP contribution in [-0.2, 0) is 0 Å². The summed E-state index contributed by atoms with van der Waals surface area (Å²) in [5, 5.41) is 6.78. The zero-order chi connectivity index (χ0) is 13.1. The predicted octanol–water partition coefficient (Wildman–Crippen LogP) is 3.75. The van der Waals surface area contributed by atoms with Crippen LogP contribution in [-0.4, -0.2) is 17.3 Å². The molecular weight excluding hydrogens is 236 g/mol. The molecule has 94 valence electrons. The zero-order valence-corrected chi connectivity index (χ0v) is 10.6. The van der Waals surface area contributed by atoms with Crippen molar-refractivity contribution in [2.24, 2.45) is 0 Å². The quantitative estimate of drug-likeness (QED) is 0.768. The molecule has 3 rings (SSSR count). The largest absolute Gasteiger partial charge is 0.496 e. The number of hydrogen-bond acceptors (Lipinski definition) is 2. The van der Waals surface area contributed by atoms with Crippen molar-refractivity contribution in [3.63, 3.8) is 0 Å². The van der Waals surface area contributed by atoms with Crippen molar-refractivity contribution < 1.29 is 4.74 Å². The van der Waals surface area contributed by atoms with Gasteiger partial charge in [-0.05, 0) is 17.2 Å². The molecule has 0 saturated carbocycles. The van der Waals surface area contributed by atoms with E-state index in [-0.39, 0.29) is 0 Å². The molecule has 0 atom stereocenters. The van der Waals surface area contributed by atoms with E-state index in [1.807, 2.05) is 30.6 Å². The molecule has 0 saturated heterocycles. The standard InChI is InChI=1S/C16H14N2O/c1-19-16-5-3-2-4-15(16)13-8-6-12(7-9-13)14-10-17-18-11-14/h2-11H,1H3,(H,17,18). The molecule has 0 radical (unpaired) electrons. The summed E-state index contributed by atoms with van der Waals surface area (Å²) in [5.74, 6) is 0.888. The molecule has 3 aromatic rings. The SMILES string of the molecule is COc1ccccc1-c1ccc(-c2cn[nH]c2)cc1. The lowest BCUT2D eigenvalue weighted by atomic mass is 10.0. The number of methoxy groups -OCH3 is 1. The van der Waals surface area contributed by atoms with Gasteiger partial charge in [-0.2, -0.15) is 5.10 Å². The van der Waals surface area contributed by atoms with Crippen LogP contribution in [0.4, 0.5) is 0 Å². The third kappa shape index (κ3) is 2.22. The Kier molecular flexibility index (Phi) is 3.02. The summed E-state index contributed by atoms with van der Waals surface area (Å²) in [7, 11) is 1.69. The van der Waals surface area contributed by atoms with Gasteiger partial charge < -0.3 is 4.74 Å². The van der Waals surface area contributed by atoms with Crippen LogP contribution in [0.1, 0.15) is 0 Å². The fraction of sp³-hybridized carbons (Fsp3) is 0.0625. The second-order valence-corrected chi connectivity index (χ2v) is 4.26. The molecule has 1 N–H and O–H groups in total. The lowest BCUT2D eigenvalue weighted by Crippen LogP contribution is -1.87. The van der Waals surface area contributed by atoms with Crippen molar-refractivity contribution >= 4 is 0 Å². The Morgan fingerprint density at radius 2 is 1.63 bits per heavy atom. The van der Waals surface area contributed by atoms with Gasteiger partial charge in [0.25, 0.3) is 0 Å². The third-order valence-electron chi connectivity index (χ3n) is 3.13. The highest BCUT2D eigenvalue weighted by molar-refractivity contribution is 5.73. The number of hydrogen-bond donors (Lipinski definition) is 1. The highest BCUT2D eigenvalue weighted by Gasteiger charge is 2.05. The fourth-order valence-corrected chi connectivity index (χ4v) is 2.13. The highest BCUT2D eigenvalue weighted by atomic mass is 16.5. The Bertz CT molecular complexity index is 657. The smallest absolute Gasteiger partial charge is 0.126 e. The Balaban J connectivity index is 1.99. The van der Waals surface area contributed by atoms with Gasteiger partial charge in [-0.15, -0.1) is 0 Å². The van der Waals surface area contributed by atoms with Gasteiger partial charge in [0.2, 0.25) is 0 Å². The second kappa shape index (κ2) is 4.98. The molecule has 0 aliphatic rings. The van der Waals surface area contributed by atoms with E-state index in [0.29, 0.717) is 0 Å². The lowest BCUT2D eigenvalue weighted by Gasteiger charge is -2.08. The van der Waals surface area contributed by atoms with Crippen LogP contribution in [0.5, 0.6) is 5.75 Å². The molecular formula is C16H14N2O. The van der Waals surface area contributed by atoms with Gasteiger partial charge in [0.1, 0.15) is 5.75 Å². The van der Waals surface area contributed by atoms with Crippen LogP contribution in [0.15, 0.2) is 60.9 Å². The first-order valence-corrected chi connectivity index (χ1v) is 6.11. The number of H-pyrrole nitrogens is 1. The molecule has 3 heteroatoms. The maximum atomic E-state index is 5.39. The minimum absolute atomic E-state index is 0.888. The second-order valence-electron chi connectivity index (χ2n) is 4.26. The van der Waals surface area contributed by atoms with E-state index in [0.717, 1.165) is 28.0 Å². The van der Waals surface area contributed by atoms with Crippen LogP contribution in [0, 0.1) is 0 Å². The fourth-order valence-electron chi connectivity index (χ4n) is 2.13. The first-order valence-electron chi connectivity index (χ1n) is 6.11. The van der Waals surface area contributed by atoms with Crippen molar-refractivity contribution in [2.45, 2.75) is 0 Å². The molecule has 1 aromatic heterocycles. The Morgan fingerprint density at radius 3 is 2.32 bits per heavy atom. The summed E-state index contributed by atoms with van der Waals surface area (Å²) in [6.45, 7) is 0. The summed E-state index contributed by atoms with van der Waals surface area (Å²) < 4.78 is 5.39. The van der Waals surface area contributed by atoms with Crippen LogP contribution in [0.2, 0.25) is 0 Å². The van der Waals surface area contributed by atoms with Crippen molar-refractivity contribution in [3.05, 3.63) is 60.9 Å². The normalized spacial score (nSPS) is 10.4. The molecule has 0 aliphatic carbocycles. The minimum atomic E-state index is 0.888. The monoisotopic (exact) mass is 250 g/mol. The number of nitrogens with one attached hydrogen (secondary N) is 1. The molecule has 0 aliphatic heterocycles. The number of aromatic amines is 1. The van der Waals surface area contributed by atoms with Crippen molar-refractivity contribution in [2.75, 3.05) is 7.11 Å². The van der Waals surface area contributed by atoms with Crippen molar-refractivity contribution in [3.8, 4) is 28.0 Å². The molecule has 0 spiro atoms. The molecule has 19 heavy (non-hydrogen) atoms. The summed E-state index contributed by atoms with van der Waals surface area (Å²) in [6.07, 6.45) is 3.70. The van der Waals surface area contributed by atoms with E-state index in [9.17, 15) is 0 Å². The number of nitrogens with zero attached hydrogens (tertiary/aromatic N) is 1. The summed E-state index contributed by atoms with van der Waals surface area (Å²) in [5.41, 5.74) is 4.48. The van der Waals surface area contributed by atoms with Crippen molar-refractivity contribution in [1.29, 1.82) is 0 Å². The van der Waals surface area contributed by atoms with Gasteiger partial charge in [-0.3, -0.25) is 5.10 Å². The average molecular weight is 250 g/mol. The van der Waals surface area contributed by atoms with Gasteiger partial charge in [-0.1, -0.05) is 42.5 Å². The number of aromatic nitrogens is 2. The van der Waals surface area contributed by atoms with Gasteiger partial charge in [-0.25, -0.2) is 0 Å². The molecule has 0 bridgehead atoms. The van der Waals surface area contributed by atoms with Crippen LogP contribution < -0.4 is 4.74 Å². The molecule has 2 aromatic carbocycles. The maximum absolute atomic E-state index is 5.39. The Hall–Kier alpha value is -2.55. The first kappa shape index (κ1) is 11.5. The van der Waals surface area contributed by atoms with Gasteiger partial charge in [0.15, 0.2) is 0 Å². The van der Waals surface area contributed by atoms with Crippen LogP contribution in [0.3, 0.4) is 0 Å². The average Bonchev–Trinajstić information content (AvgIpc) is 3.02. The minimum Gasteiger partial charge on any atom is -0.496 e. The predicted molar refractivity (Wildman–Crippen MR) is 76.0 cm³/mol. The number of benzene rings is 2. The zero-order valence-electron chi connectivity index (χ0n) is 10.6. The number of para-hydroxylation sites is 1. The maximum Gasteiger partial charge on any atom is 0.126 e. The number of ether oxygens (including phenoxy) is 1. The topological polar surface area (TPSA) is 37.9 Å². The molecule has 1 heterocycles. The highest BCUT2D eigenvalue weighted by Crippen LogP contribution is 2.30. The summed E-state index contributed by atoms with van der Waals surface area (Å²) in [4.78, 5) is 0. The Morgan fingerprint density at radius 1 is 0.895 bits per heavy atom. The first-order chi connectivity index (χ1) is 9.38. The summed E-state index contributed by atoms with van der Waals surface area (Å²) >= 11 is 0. The Labute approximate surface area is 111 Å². The number of rotatable bonds is 3.